The van der Waals surface area contributed by atoms with Crippen molar-refractivity contribution in [3.63, 3.8) is 0 Å². The van der Waals surface area contributed by atoms with E-state index in [-0.39, 0.29) is 11.4 Å². The summed E-state index contributed by atoms with van der Waals surface area (Å²) in [6, 6.07) is 14.6. The van der Waals surface area contributed by atoms with Crippen LogP contribution in [0.4, 0.5) is 5.69 Å². The molecular formula is C21H19N5O3. The maximum Gasteiger partial charge on any atom is 0.333 e. The molecule has 8 nitrogen and oxygen atoms in total. The van der Waals surface area contributed by atoms with Gasteiger partial charge in [0.1, 0.15) is 5.75 Å². The first-order valence-corrected chi connectivity index (χ1v) is 9.39. The highest BCUT2D eigenvalue weighted by Gasteiger charge is 2.15. The molecule has 1 aliphatic rings. The zero-order valence-electron chi connectivity index (χ0n) is 15.6. The van der Waals surface area contributed by atoms with Crippen molar-refractivity contribution in [3.8, 4) is 22.7 Å². The number of hydrogen-bond donors (Lipinski definition) is 2. The summed E-state index contributed by atoms with van der Waals surface area (Å²) in [5.74, 6) is 0.149. The predicted octanol–water partition coefficient (Wildman–Crippen LogP) is 2.32. The molecule has 0 radical (unpaired) electrons. The third-order valence-electron chi connectivity index (χ3n) is 5.02. The number of phenolic OH excluding ortho intramolecular Hbond substituents is 1. The Hall–Kier alpha value is -3.65. The van der Waals surface area contributed by atoms with Gasteiger partial charge in [0, 0.05) is 24.3 Å². The smallest absolute Gasteiger partial charge is 0.333 e. The Labute approximate surface area is 166 Å². The number of aromatic hydroxyl groups is 1. The van der Waals surface area contributed by atoms with Crippen LogP contribution in [0.1, 0.15) is 0 Å². The van der Waals surface area contributed by atoms with Crippen molar-refractivity contribution in [2.75, 3.05) is 31.2 Å². The minimum Gasteiger partial charge on any atom is -0.508 e. The lowest BCUT2D eigenvalue weighted by Gasteiger charge is -2.28. The van der Waals surface area contributed by atoms with Crippen molar-refractivity contribution in [2.24, 2.45) is 0 Å². The molecule has 2 N–H and O–H groups in total. The molecule has 0 atom stereocenters. The number of hydrogen-bond acceptors (Lipinski definition) is 6. The molecule has 3 heterocycles. The van der Waals surface area contributed by atoms with Crippen molar-refractivity contribution in [2.45, 2.75) is 0 Å². The Kier molecular flexibility index (Phi) is 4.25. The summed E-state index contributed by atoms with van der Waals surface area (Å²) >= 11 is 0. The fourth-order valence-electron chi connectivity index (χ4n) is 3.56. The van der Waals surface area contributed by atoms with Gasteiger partial charge < -0.3 is 14.7 Å². The third kappa shape index (κ3) is 3.23. The molecule has 0 unspecified atom stereocenters. The molecule has 0 saturated carbocycles. The van der Waals surface area contributed by atoms with Gasteiger partial charge in [-0.05, 0) is 36.4 Å². The lowest BCUT2D eigenvalue weighted by Crippen LogP contribution is -2.36. The zero-order valence-corrected chi connectivity index (χ0v) is 15.6. The standard InChI is InChI=1S/C21H19N5O3/c27-17-3-1-2-14(12-17)18-13-22-20-19(23-18)24-21(28)26(20)16-6-4-15(5-7-16)25-8-10-29-11-9-25/h1-7,12-13,27H,8-11H2,(H,23,24,28). The molecule has 8 heteroatoms. The van der Waals surface area contributed by atoms with E-state index < -0.39 is 0 Å². The van der Waals surface area contributed by atoms with Crippen LogP contribution in [0.25, 0.3) is 28.2 Å². The van der Waals surface area contributed by atoms with Gasteiger partial charge in [0.15, 0.2) is 11.3 Å². The molecule has 2 aromatic carbocycles. The van der Waals surface area contributed by atoms with Gasteiger partial charge in [0.05, 0.1) is 30.8 Å². The minimum absolute atomic E-state index is 0.149. The number of nitrogens with one attached hydrogen (secondary N) is 1. The van der Waals surface area contributed by atoms with Crippen molar-refractivity contribution in [3.05, 3.63) is 65.2 Å². The number of nitrogens with zero attached hydrogens (tertiary/aromatic N) is 4. The number of anilines is 1. The van der Waals surface area contributed by atoms with Gasteiger partial charge in [-0.15, -0.1) is 0 Å². The fourth-order valence-corrected chi connectivity index (χ4v) is 3.56. The van der Waals surface area contributed by atoms with Gasteiger partial charge in [0.2, 0.25) is 0 Å². The summed E-state index contributed by atoms with van der Waals surface area (Å²) in [6.45, 7) is 3.16. The molecule has 0 aliphatic carbocycles. The van der Waals surface area contributed by atoms with E-state index in [9.17, 15) is 9.90 Å². The highest BCUT2D eigenvalue weighted by atomic mass is 16.5. The molecule has 146 valence electrons. The second kappa shape index (κ2) is 7.06. The fraction of sp³-hybridized carbons (Fsp3) is 0.190. The van der Waals surface area contributed by atoms with Gasteiger partial charge >= 0.3 is 5.69 Å². The van der Waals surface area contributed by atoms with Crippen LogP contribution in [0.5, 0.6) is 5.75 Å². The molecule has 1 fully saturated rings. The number of rotatable bonds is 3. The van der Waals surface area contributed by atoms with Crippen molar-refractivity contribution in [1.29, 1.82) is 0 Å². The van der Waals surface area contributed by atoms with E-state index in [1.165, 1.54) is 4.57 Å². The zero-order chi connectivity index (χ0) is 19.8. The molecule has 0 bridgehead atoms. The average Bonchev–Trinajstić information content (AvgIpc) is 3.09. The van der Waals surface area contributed by atoms with Crippen LogP contribution >= 0.6 is 0 Å². The molecule has 2 aromatic heterocycles. The van der Waals surface area contributed by atoms with E-state index in [4.69, 9.17) is 4.74 Å². The number of ether oxygens (including phenoxy) is 1. The van der Waals surface area contributed by atoms with Gasteiger partial charge in [0.25, 0.3) is 0 Å². The lowest BCUT2D eigenvalue weighted by molar-refractivity contribution is 0.122. The number of benzene rings is 2. The Morgan fingerprint density at radius 1 is 1.03 bits per heavy atom. The lowest BCUT2D eigenvalue weighted by atomic mass is 10.1. The van der Waals surface area contributed by atoms with Crippen LogP contribution in [0.2, 0.25) is 0 Å². The number of aromatic amines is 1. The van der Waals surface area contributed by atoms with Crippen LogP contribution in [-0.4, -0.2) is 50.9 Å². The summed E-state index contributed by atoms with van der Waals surface area (Å²) in [5, 5.41) is 9.68. The molecule has 0 spiro atoms. The molecule has 1 saturated heterocycles. The number of fused-ring (bicyclic) bond motifs is 1. The Bertz CT molecular complexity index is 1220. The first kappa shape index (κ1) is 17.4. The van der Waals surface area contributed by atoms with E-state index in [1.54, 1.807) is 24.4 Å². The second-order valence-electron chi connectivity index (χ2n) is 6.86. The summed E-state index contributed by atoms with van der Waals surface area (Å²) < 4.78 is 6.91. The SMILES string of the molecule is O=c1[nH]c2nc(-c3cccc(O)c3)cnc2n1-c1ccc(N2CCOCC2)cc1. The van der Waals surface area contributed by atoms with Gasteiger partial charge in [-0.25, -0.2) is 19.3 Å². The second-order valence-corrected chi connectivity index (χ2v) is 6.86. The molecule has 1 aliphatic heterocycles. The van der Waals surface area contributed by atoms with Gasteiger partial charge in [-0.3, -0.25) is 4.98 Å². The molecular weight excluding hydrogens is 370 g/mol. The van der Waals surface area contributed by atoms with Crippen LogP contribution in [-0.2, 0) is 4.74 Å². The molecule has 0 amide bonds. The normalized spacial score (nSPS) is 14.4. The summed E-state index contributed by atoms with van der Waals surface area (Å²) in [5.41, 5.74) is 3.67. The van der Waals surface area contributed by atoms with Crippen LogP contribution in [0.15, 0.2) is 59.5 Å². The van der Waals surface area contributed by atoms with Crippen LogP contribution in [0.3, 0.4) is 0 Å². The highest BCUT2D eigenvalue weighted by Crippen LogP contribution is 2.23. The monoisotopic (exact) mass is 389 g/mol. The predicted molar refractivity (Wildman–Crippen MR) is 110 cm³/mol. The van der Waals surface area contributed by atoms with E-state index in [1.807, 2.05) is 30.3 Å². The van der Waals surface area contributed by atoms with E-state index in [0.717, 1.165) is 43.2 Å². The van der Waals surface area contributed by atoms with Gasteiger partial charge in [-0.2, -0.15) is 0 Å². The minimum atomic E-state index is -0.299. The maximum absolute atomic E-state index is 12.6. The highest BCUT2D eigenvalue weighted by molar-refractivity contribution is 5.73. The first-order valence-electron chi connectivity index (χ1n) is 9.39. The Morgan fingerprint density at radius 2 is 1.79 bits per heavy atom. The van der Waals surface area contributed by atoms with Crippen LogP contribution in [0, 0.1) is 0 Å². The summed E-state index contributed by atoms with van der Waals surface area (Å²) in [6.07, 6.45) is 1.60. The Morgan fingerprint density at radius 3 is 2.55 bits per heavy atom. The first-order chi connectivity index (χ1) is 14.2. The Balaban J connectivity index is 1.52. The van der Waals surface area contributed by atoms with Gasteiger partial charge in [-0.1, -0.05) is 12.1 Å². The molecule has 5 rings (SSSR count). The van der Waals surface area contributed by atoms with Crippen molar-refractivity contribution in [1.82, 2.24) is 19.5 Å². The summed E-state index contributed by atoms with van der Waals surface area (Å²) in [4.78, 5) is 26.6. The van der Waals surface area contributed by atoms with E-state index in [2.05, 4.69) is 19.9 Å². The van der Waals surface area contributed by atoms with Crippen molar-refractivity contribution < 1.29 is 9.84 Å². The van der Waals surface area contributed by atoms with Crippen molar-refractivity contribution >= 4 is 17.0 Å². The average molecular weight is 389 g/mol. The number of morpholine rings is 1. The number of phenols is 1. The summed E-state index contributed by atoms with van der Waals surface area (Å²) in [7, 11) is 0. The quantitative estimate of drug-likeness (QED) is 0.558. The van der Waals surface area contributed by atoms with Crippen LogP contribution < -0.4 is 10.6 Å². The van der Waals surface area contributed by atoms with E-state index in [0.29, 0.717) is 17.0 Å². The third-order valence-corrected chi connectivity index (χ3v) is 5.02. The number of aromatic nitrogens is 4. The van der Waals surface area contributed by atoms with E-state index >= 15 is 0 Å². The largest absolute Gasteiger partial charge is 0.508 e. The molecule has 4 aromatic rings. The number of H-pyrrole nitrogens is 1. The molecule has 29 heavy (non-hydrogen) atoms. The topological polar surface area (TPSA) is 96.3 Å². The number of imidazole rings is 1. The maximum atomic E-state index is 12.6.